The molecular weight excluding hydrogens is 324 g/mol. The number of rotatable bonds is 2. The zero-order valence-corrected chi connectivity index (χ0v) is 11.7. The minimum atomic E-state index is -5.05. The number of ether oxygens (including phenoxy) is 1. The number of aryl methyl sites for hydroxylation is 1. The molecule has 0 radical (unpaired) electrons. The summed E-state index contributed by atoms with van der Waals surface area (Å²) < 4.78 is 83.3. The maximum Gasteiger partial charge on any atom is 0.420 e. The summed E-state index contributed by atoms with van der Waals surface area (Å²) >= 11 is 0. The predicted octanol–water partition coefficient (Wildman–Crippen LogP) is 5.41. The summed E-state index contributed by atoms with van der Waals surface area (Å²) in [5, 5.41) is 0. The molecule has 23 heavy (non-hydrogen) atoms. The molecule has 0 atom stereocenters. The third-order valence-corrected chi connectivity index (χ3v) is 2.96. The van der Waals surface area contributed by atoms with Gasteiger partial charge in [-0.05, 0) is 31.2 Å². The number of hydrogen-bond donors (Lipinski definition) is 1. The minimum absolute atomic E-state index is 0.142. The third kappa shape index (κ3) is 3.88. The van der Waals surface area contributed by atoms with Crippen LogP contribution in [0.3, 0.4) is 0 Å². The van der Waals surface area contributed by atoms with E-state index < -0.39 is 34.9 Å². The van der Waals surface area contributed by atoms with Crippen LogP contribution in [-0.2, 0) is 12.4 Å². The Kier molecular flexibility index (Phi) is 4.19. The zero-order chi connectivity index (χ0) is 17.4. The Balaban J connectivity index is 2.64. The monoisotopic (exact) mass is 335 g/mol. The van der Waals surface area contributed by atoms with Crippen molar-refractivity contribution >= 4 is 5.69 Å². The molecule has 0 aromatic heterocycles. The second kappa shape index (κ2) is 5.68. The molecule has 0 aliphatic rings. The van der Waals surface area contributed by atoms with Gasteiger partial charge in [-0.25, -0.2) is 0 Å². The molecule has 2 aromatic carbocycles. The lowest BCUT2D eigenvalue weighted by atomic mass is 10.1. The molecule has 2 rings (SSSR count). The van der Waals surface area contributed by atoms with E-state index in [1.807, 2.05) is 0 Å². The number of anilines is 1. The topological polar surface area (TPSA) is 35.2 Å². The molecular formula is C15H11F6NO. The van der Waals surface area contributed by atoms with E-state index in [4.69, 9.17) is 10.5 Å². The van der Waals surface area contributed by atoms with Crippen molar-refractivity contribution in [3.05, 3.63) is 53.1 Å². The minimum Gasteiger partial charge on any atom is -0.456 e. The van der Waals surface area contributed by atoms with Gasteiger partial charge in [-0.2, -0.15) is 26.3 Å². The third-order valence-electron chi connectivity index (χ3n) is 2.96. The van der Waals surface area contributed by atoms with Gasteiger partial charge in [-0.3, -0.25) is 0 Å². The first kappa shape index (κ1) is 17.0. The number of benzene rings is 2. The highest BCUT2D eigenvalue weighted by atomic mass is 19.4. The smallest absolute Gasteiger partial charge is 0.420 e. The van der Waals surface area contributed by atoms with Gasteiger partial charge in [0.25, 0.3) is 0 Å². The van der Waals surface area contributed by atoms with Crippen LogP contribution in [0.1, 0.15) is 16.7 Å². The van der Waals surface area contributed by atoms with Crippen molar-refractivity contribution < 1.29 is 31.1 Å². The maximum absolute atomic E-state index is 13.1. The average Bonchev–Trinajstić information content (AvgIpc) is 2.40. The molecule has 0 fully saturated rings. The van der Waals surface area contributed by atoms with Crippen molar-refractivity contribution in [3.63, 3.8) is 0 Å². The van der Waals surface area contributed by atoms with Crippen LogP contribution in [0.5, 0.6) is 11.5 Å². The highest BCUT2D eigenvalue weighted by molar-refractivity contribution is 5.56. The van der Waals surface area contributed by atoms with Crippen LogP contribution in [0.15, 0.2) is 36.4 Å². The van der Waals surface area contributed by atoms with Crippen molar-refractivity contribution in [2.24, 2.45) is 0 Å². The first-order chi connectivity index (χ1) is 10.5. The molecule has 0 unspecified atom stereocenters. The zero-order valence-electron chi connectivity index (χ0n) is 11.7. The summed E-state index contributed by atoms with van der Waals surface area (Å²) in [5.41, 5.74) is 2.15. The Morgan fingerprint density at radius 2 is 1.26 bits per heavy atom. The van der Waals surface area contributed by atoms with Crippen molar-refractivity contribution in [1.82, 2.24) is 0 Å². The average molecular weight is 335 g/mol. The van der Waals surface area contributed by atoms with Gasteiger partial charge in [0.2, 0.25) is 0 Å². The molecule has 8 heteroatoms. The summed E-state index contributed by atoms with van der Waals surface area (Å²) in [6, 6.07) is 6.41. The molecule has 2 nitrogen and oxygen atoms in total. The summed E-state index contributed by atoms with van der Waals surface area (Å²) in [6.07, 6.45) is -10.1. The van der Waals surface area contributed by atoms with E-state index in [0.29, 0.717) is 12.1 Å². The molecule has 0 bridgehead atoms. The van der Waals surface area contributed by atoms with Crippen LogP contribution < -0.4 is 10.5 Å². The Morgan fingerprint density at radius 3 is 1.65 bits per heavy atom. The SMILES string of the molecule is Cc1ccc(Oc2c(C(F)(F)F)cc(N)cc2C(F)(F)F)cc1. The molecule has 0 saturated carbocycles. The Morgan fingerprint density at radius 1 is 0.826 bits per heavy atom. The highest BCUT2D eigenvalue weighted by Gasteiger charge is 2.42. The summed E-state index contributed by atoms with van der Waals surface area (Å²) in [5.74, 6) is -1.46. The van der Waals surface area contributed by atoms with Crippen LogP contribution in [0.2, 0.25) is 0 Å². The van der Waals surface area contributed by atoms with Gasteiger partial charge in [0.1, 0.15) is 16.9 Å². The molecule has 0 heterocycles. The van der Waals surface area contributed by atoms with E-state index in [9.17, 15) is 26.3 Å². The quantitative estimate of drug-likeness (QED) is 0.588. The van der Waals surface area contributed by atoms with Crippen molar-refractivity contribution in [2.45, 2.75) is 19.3 Å². The van der Waals surface area contributed by atoms with E-state index in [0.717, 1.165) is 5.56 Å². The Bertz CT molecular complexity index is 668. The number of nitrogen functional groups attached to an aromatic ring is 1. The highest BCUT2D eigenvalue weighted by Crippen LogP contribution is 2.46. The Labute approximate surface area is 127 Å². The van der Waals surface area contributed by atoms with Crippen molar-refractivity contribution in [2.75, 3.05) is 5.73 Å². The number of nitrogens with two attached hydrogens (primary N) is 1. The normalized spacial score (nSPS) is 12.3. The van der Waals surface area contributed by atoms with Crippen LogP contribution in [-0.4, -0.2) is 0 Å². The van der Waals surface area contributed by atoms with E-state index in [1.54, 1.807) is 6.92 Å². The summed E-state index contributed by atoms with van der Waals surface area (Å²) in [7, 11) is 0. The van der Waals surface area contributed by atoms with Crippen LogP contribution in [0.4, 0.5) is 32.0 Å². The first-order valence-corrected chi connectivity index (χ1v) is 6.31. The van der Waals surface area contributed by atoms with Crippen molar-refractivity contribution in [3.8, 4) is 11.5 Å². The fourth-order valence-corrected chi connectivity index (χ4v) is 1.91. The largest absolute Gasteiger partial charge is 0.456 e. The summed E-state index contributed by atoms with van der Waals surface area (Å²) in [4.78, 5) is 0. The Hall–Kier alpha value is -2.38. The lowest BCUT2D eigenvalue weighted by Gasteiger charge is -2.19. The predicted molar refractivity (Wildman–Crippen MR) is 72.1 cm³/mol. The number of halogens is 6. The van der Waals surface area contributed by atoms with Gasteiger partial charge in [0.05, 0.1) is 0 Å². The van der Waals surface area contributed by atoms with E-state index in [2.05, 4.69) is 0 Å². The lowest BCUT2D eigenvalue weighted by molar-refractivity contribution is -0.144. The fraction of sp³-hybridized carbons (Fsp3) is 0.200. The van der Waals surface area contributed by atoms with Gasteiger partial charge >= 0.3 is 12.4 Å². The van der Waals surface area contributed by atoms with Crippen LogP contribution in [0.25, 0.3) is 0 Å². The molecule has 0 aliphatic heterocycles. The molecule has 124 valence electrons. The standard InChI is InChI=1S/C15H11F6NO/c1-8-2-4-10(5-3-8)23-13-11(14(16,17)18)6-9(22)7-12(13)15(19,20)21/h2-7H,22H2,1H3. The molecule has 0 aliphatic carbocycles. The first-order valence-electron chi connectivity index (χ1n) is 6.31. The maximum atomic E-state index is 13.1. The molecule has 0 amide bonds. The van der Waals surface area contributed by atoms with E-state index in [1.165, 1.54) is 24.3 Å². The fourth-order valence-electron chi connectivity index (χ4n) is 1.91. The molecule has 0 saturated heterocycles. The van der Waals surface area contributed by atoms with Gasteiger partial charge in [0.15, 0.2) is 5.75 Å². The van der Waals surface area contributed by atoms with Gasteiger partial charge in [-0.15, -0.1) is 0 Å². The van der Waals surface area contributed by atoms with Gasteiger partial charge in [0, 0.05) is 5.69 Å². The molecule has 2 N–H and O–H groups in total. The second-order valence-corrected chi connectivity index (χ2v) is 4.86. The second-order valence-electron chi connectivity index (χ2n) is 4.86. The van der Waals surface area contributed by atoms with Crippen LogP contribution in [0, 0.1) is 6.92 Å². The van der Waals surface area contributed by atoms with Crippen molar-refractivity contribution in [1.29, 1.82) is 0 Å². The number of hydrogen-bond acceptors (Lipinski definition) is 2. The number of alkyl halides is 6. The molecule has 2 aromatic rings. The van der Waals surface area contributed by atoms with E-state index >= 15 is 0 Å². The van der Waals surface area contributed by atoms with Gasteiger partial charge in [-0.1, -0.05) is 17.7 Å². The van der Waals surface area contributed by atoms with E-state index in [-0.39, 0.29) is 5.75 Å². The van der Waals surface area contributed by atoms with Gasteiger partial charge < -0.3 is 10.5 Å². The van der Waals surface area contributed by atoms with Crippen LogP contribution >= 0.6 is 0 Å². The lowest BCUT2D eigenvalue weighted by Crippen LogP contribution is -2.15. The summed E-state index contributed by atoms with van der Waals surface area (Å²) in [6.45, 7) is 1.72. The molecule has 0 spiro atoms.